The normalized spacial score (nSPS) is 6.86. The molecule has 0 aromatic carbocycles. The first-order chi connectivity index (χ1) is 3.00. The largest absolute Gasteiger partial charge is 0.265 e. The smallest absolute Gasteiger partial charge is 0.0267 e. The van der Waals surface area contributed by atoms with Crippen molar-refractivity contribution in [1.82, 2.24) is 4.98 Å². The van der Waals surface area contributed by atoms with E-state index in [1.165, 1.54) is 0 Å². The van der Waals surface area contributed by atoms with Crippen molar-refractivity contribution in [1.29, 1.82) is 0 Å². The van der Waals surface area contributed by atoms with E-state index in [0.717, 1.165) is 0 Å². The van der Waals surface area contributed by atoms with Gasteiger partial charge >= 0.3 is 0 Å². The molecule has 0 radical (unpaired) electrons. The van der Waals surface area contributed by atoms with Crippen molar-refractivity contribution in [2.75, 3.05) is 0 Å². The summed E-state index contributed by atoms with van der Waals surface area (Å²) in [6.45, 7) is 0. The predicted octanol–water partition coefficient (Wildman–Crippen LogP) is 1.08. The van der Waals surface area contributed by atoms with Gasteiger partial charge in [0.05, 0.1) is 0 Å². The number of pyridine rings is 1. The molecule has 0 atom stereocenters. The Balaban J connectivity index is 0.000000360. The molecule has 1 heterocycles. The molecule has 0 unspecified atom stereocenters. The maximum absolute atomic E-state index is 3.78. The van der Waals surface area contributed by atoms with Gasteiger partial charge in [-0.15, -0.1) is 0 Å². The van der Waals surface area contributed by atoms with Gasteiger partial charge < -0.3 is 0 Å². The summed E-state index contributed by atoms with van der Waals surface area (Å²) in [5.41, 5.74) is 0. The van der Waals surface area contributed by atoms with Crippen LogP contribution in [0.25, 0.3) is 0 Å². The Bertz CT molecular complexity index is 80.0. The summed E-state index contributed by atoms with van der Waals surface area (Å²) in [4.78, 5) is 3.78. The summed E-state index contributed by atoms with van der Waals surface area (Å²) >= 11 is 0. The zero-order valence-electron chi connectivity index (χ0n) is 3.65. The van der Waals surface area contributed by atoms with Crippen LogP contribution in [-0.4, -0.2) is 4.98 Å². The molecule has 7 heavy (non-hydrogen) atoms. The van der Waals surface area contributed by atoms with Crippen LogP contribution >= 0.6 is 0 Å². The molecular weight excluding hydrogens is 269 g/mol. The maximum Gasteiger partial charge on any atom is 0.0267 e. The van der Waals surface area contributed by atoms with E-state index >= 15 is 0 Å². The number of aromatic nitrogens is 1. The summed E-state index contributed by atoms with van der Waals surface area (Å²) < 4.78 is 0. The number of hydrogen-bond donors (Lipinski definition) is 0. The fourth-order valence-corrected chi connectivity index (χ4v) is 0.313. The van der Waals surface area contributed by atoms with Gasteiger partial charge in [-0.1, -0.05) is 6.07 Å². The third-order valence-corrected chi connectivity index (χ3v) is 0.566. The summed E-state index contributed by atoms with van der Waals surface area (Å²) in [5, 5.41) is 0. The van der Waals surface area contributed by atoms with Crippen molar-refractivity contribution in [3.63, 3.8) is 0 Å². The van der Waals surface area contributed by atoms with Crippen molar-refractivity contribution in [2.45, 2.75) is 0 Å². The van der Waals surface area contributed by atoms with E-state index in [2.05, 4.69) is 4.98 Å². The van der Waals surface area contributed by atoms with Gasteiger partial charge in [0, 0.05) is 33.5 Å². The molecule has 0 aliphatic heterocycles. The van der Waals surface area contributed by atoms with E-state index in [1.807, 2.05) is 18.2 Å². The molecular formula is C5H5NPt. The average Bonchev–Trinajstić information content (AvgIpc) is 1.72. The van der Waals surface area contributed by atoms with E-state index < -0.39 is 0 Å². The molecule has 0 spiro atoms. The summed E-state index contributed by atoms with van der Waals surface area (Å²) in [5.74, 6) is 0. The summed E-state index contributed by atoms with van der Waals surface area (Å²) in [6, 6.07) is 5.72. The second-order valence-corrected chi connectivity index (χ2v) is 1.02. The molecule has 0 aliphatic rings. The van der Waals surface area contributed by atoms with E-state index in [0.29, 0.717) is 0 Å². The fraction of sp³-hybridized carbons (Fsp3) is 0. The van der Waals surface area contributed by atoms with Crippen molar-refractivity contribution >= 4 is 0 Å². The Morgan fingerprint density at radius 2 is 1.43 bits per heavy atom. The summed E-state index contributed by atoms with van der Waals surface area (Å²) in [6.07, 6.45) is 3.50. The molecule has 0 amide bonds. The van der Waals surface area contributed by atoms with E-state index in [4.69, 9.17) is 0 Å². The maximum atomic E-state index is 3.78. The Morgan fingerprint density at radius 3 is 1.57 bits per heavy atom. The Labute approximate surface area is 57.0 Å². The topological polar surface area (TPSA) is 12.9 Å². The first kappa shape index (κ1) is 6.84. The minimum atomic E-state index is 0. The zero-order valence-corrected chi connectivity index (χ0v) is 5.92. The van der Waals surface area contributed by atoms with Crippen LogP contribution in [0, 0.1) is 0 Å². The quantitative estimate of drug-likeness (QED) is 0.690. The van der Waals surface area contributed by atoms with Crippen LogP contribution in [0.4, 0.5) is 0 Å². The number of nitrogens with zero attached hydrogens (tertiary/aromatic N) is 1. The molecule has 0 N–H and O–H groups in total. The van der Waals surface area contributed by atoms with Gasteiger partial charge in [0.25, 0.3) is 0 Å². The molecule has 1 nitrogen and oxygen atoms in total. The molecule has 1 rings (SSSR count). The molecule has 0 fully saturated rings. The second kappa shape index (κ2) is 4.01. The first-order valence-corrected chi connectivity index (χ1v) is 1.85. The molecule has 0 saturated heterocycles. The van der Waals surface area contributed by atoms with Gasteiger partial charge in [-0.25, -0.2) is 0 Å². The molecule has 40 valence electrons. The molecule has 1 aromatic heterocycles. The van der Waals surface area contributed by atoms with Crippen LogP contribution in [0.15, 0.2) is 30.6 Å². The van der Waals surface area contributed by atoms with Crippen molar-refractivity contribution in [2.24, 2.45) is 0 Å². The van der Waals surface area contributed by atoms with Gasteiger partial charge in [-0.3, -0.25) is 4.98 Å². The van der Waals surface area contributed by atoms with Crippen molar-refractivity contribution in [3.05, 3.63) is 30.6 Å². The van der Waals surface area contributed by atoms with Crippen LogP contribution in [0.2, 0.25) is 0 Å². The van der Waals surface area contributed by atoms with Gasteiger partial charge in [-0.05, 0) is 12.1 Å². The number of hydrogen-bond acceptors (Lipinski definition) is 1. The van der Waals surface area contributed by atoms with Gasteiger partial charge in [0.2, 0.25) is 0 Å². The van der Waals surface area contributed by atoms with Crippen LogP contribution in [0.5, 0.6) is 0 Å². The third kappa shape index (κ3) is 2.52. The van der Waals surface area contributed by atoms with Gasteiger partial charge in [-0.2, -0.15) is 0 Å². The standard InChI is InChI=1S/C5H5N.Pt/c1-2-4-6-5-3-1;/h1-5H;. The minimum Gasteiger partial charge on any atom is -0.265 e. The van der Waals surface area contributed by atoms with E-state index in [9.17, 15) is 0 Å². The predicted molar refractivity (Wildman–Crippen MR) is 24.2 cm³/mol. The van der Waals surface area contributed by atoms with Crippen molar-refractivity contribution in [3.8, 4) is 0 Å². The minimum absolute atomic E-state index is 0. The molecule has 1 aromatic rings. The Kier molecular flexibility index (Phi) is 3.92. The Hall–Kier alpha value is -0.162. The van der Waals surface area contributed by atoms with E-state index in [-0.39, 0.29) is 21.1 Å². The Morgan fingerprint density at radius 1 is 0.857 bits per heavy atom. The van der Waals surface area contributed by atoms with Crippen LogP contribution in [0.3, 0.4) is 0 Å². The molecule has 0 bridgehead atoms. The monoisotopic (exact) mass is 274 g/mol. The van der Waals surface area contributed by atoms with Crippen LogP contribution in [-0.2, 0) is 21.1 Å². The van der Waals surface area contributed by atoms with Crippen LogP contribution in [0.1, 0.15) is 0 Å². The molecule has 0 saturated carbocycles. The van der Waals surface area contributed by atoms with Gasteiger partial charge in [0.1, 0.15) is 0 Å². The van der Waals surface area contributed by atoms with Gasteiger partial charge in [0.15, 0.2) is 0 Å². The SMILES string of the molecule is [Pt].c1ccncc1. The van der Waals surface area contributed by atoms with Crippen molar-refractivity contribution < 1.29 is 21.1 Å². The fourth-order valence-electron chi connectivity index (χ4n) is 0.313. The van der Waals surface area contributed by atoms with E-state index in [1.54, 1.807) is 12.4 Å². The first-order valence-electron chi connectivity index (χ1n) is 1.85. The average molecular weight is 274 g/mol. The van der Waals surface area contributed by atoms with Crippen LogP contribution < -0.4 is 0 Å². The summed E-state index contributed by atoms with van der Waals surface area (Å²) in [7, 11) is 0. The zero-order chi connectivity index (χ0) is 4.24. The second-order valence-electron chi connectivity index (χ2n) is 1.02. The number of rotatable bonds is 0. The third-order valence-electron chi connectivity index (χ3n) is 0.566. The molecule has 0 aliphatic carbocycles. The molecule has 2 heteroatoms.